The van der Waals surface area contributed by atoms with Gasteiger partial charge in [0.05, 0.1) is 52.7 Å². The summed E-state index contributed by atoms with van der Waals surface area (Å²) in [7, 11) is 5.07. The number of nitrogen functional groups attached to an aromatic ring is 1. The van der Waals surface area contributed by atoms with Gasteiger partial charge >= 0.3 is 0 Å². The largest absolute Gasteiger partial charge is 0.726 e. The molecule has 8 heteroatoms. The third-order valence-electron chi connectivity index (χ3n) is 2.66. The van der Waals surface area contributed by atoms with Crippen LogP contribution in [0, 0.1) is 0 Å². The second kappa shape index (κ2) is 8.18. The number of benzene rings is 1. The van der Waals surface area contributed by atoms with E-state index in [0.29, 0.717) is 0 Å². The van der Waals surface area contributed by atoms with Crippen LogP contribution in [-0.2, 0) is 14.6 Å². The van der Waals surface area contributed by atoms with Crippen molar-refractivity contribution in [2.24, 2.45) is 0 Å². The molecular formula is C13H25N3O4S. The fourth-order valence-corrected chi connectivity index (χ4v) is 1.41. The van der Waals surface area contributed by atoms with Gasteiger partial charge in [-0.25, -0.2) is 8.42 Å². The smallest absolute Gasteiger partial charge is 0.217 e. The van der Waals surface area contributed by atoms with E-state index in [1.54, 1.807) is 0 Å². The van der Waals surface area contributed by atoms with E-state index in [4.69, 9.17) is 5.73 Å². The van der Waals surface area contributed by atoms with E-state index in [1.807, 2.05) is 18.2 Å². The van der Waals surface area contributed by atoms with Crippen LogP contribution in [0.3, 0.4) is 0 Å². The van der Waals surface area contributed by atoms with Crippen molar-refractivity contribution in [2.45, 2.75) is 0 Å². The Bertz CT molecular complexity index is 526. The standard InChI is InChI=1S/C12H22N3.CH4O4S/c1-14(9-10-15(2,3)4)12-8-6-5-7-11(12)13;1-5-6(2,3)4/h5-8H,9-10,13H2,1-4H3;1H3,(H,2,3,4)/q+1;/p-1. The Labute approximate surface area is 127 Å². The van der Waals surface area contributed by atoms with Gasteiger partial charge in [0.1, 0.15) is 0 Å². The van der Waals surface area contributed by atoms with E-state index in [1.165, 1.54) is 0 Å². The number of nitrogens with two attached hydrogens (primary N) is 1. The highest BCUT2D eigenvalue weighted by Gasteiger charge is 2.10. The van der Waals surface area contributed by atoms with E-state index in [0.717, 1.165) is 36.1 Å². The molecule has 0 aliphatic carbocycles. The van der Waals surface area contributed by atoms with Gasteiger partial charge in [0.2, 0.25) is 10.4 Å². The summed E-state index contributed by atoms with van der Waals surface area (Å²) in [6, 6.07) is 7.99. The number of anilines is 2. The highest BCUT2D eigenvalue weighted by Crippen LogP contribution is 2.20. The molecule has 0 unspecified atom stereocenters. The number of likely N-dealkylation sites (N-methyl/N-ethyl adjacent to an activating group) is 2. The van der Waals surface area contributed by atoms with E-state index in [2.05, 4.69) is 43.3 Å². The lowest BCUT2D eigenvalue weighted by Crippen LogP contribution is -2.41. The number of quaternary nitrogens is 1. The predicted molar refractivity (Wildman–Crippen MR) is 83.7 cm³/mol. The van der Waals surface area contributed by atoms with Crippen LogP contribution in [0.4, 0.5) is 11.4 Å². The monoisotopic (exact) mass is 319 g/mol. The van der Waals surface area contributed by atoms with Crippen LogP contribution in [0.15, 0.2) is 24.3 Å². The number of hydrogen-bond donors (Lipinski definition) is 1. The van der Waals surface area contributed by atoms with E-state index >= 15 is 0 Å². The minimum absolute atomic E-state index is 0.808. The molecule has 21 heavy (non-hydrogen) atoms. The second-order valence-corrected chi connectivity index (χ2v) is 6.72. The first-order valence-corrected chi connectivity index (χ1v) is 7.67. The molecule has 0 spiro atoms. The lowest BCUT2D eigenvalue weighted by Gasteiger charge is -2.28. The Morgan fingerprint density at radius 3 is 2.14 bits per heavy atom. The van der Waals surface area contributed by atoms with Crippen LogP contribution in [-0.4, -0.2) is 65.8 Å². The molecule has 0 amide bonds. The van der Waals surface area contributed by atoms with Crippen molar-refractivity contribution in [3.8, 4) is 0 Å². The SMILES string of the molecule is CN(CC[N+](C)(C)C)c1ccccc1N.COS(=O)(=O)[O-]. The molecule has 0 aliphatic rings. The quantitative estimate of drug-likeness (QED) is 0.367. The molecule has 0 bridgehead atoms. The summed E-state index contributed by atoms with van der Waals surface area (Å²) in [5.74, 6) is 0. The van der Waals surface area contributed by atoms with Gasteiger partial charge in [-0.1, -0.05) is 12.1 Å². The van der Waals surface area contributed by atoms with Crippen LogP contribution >= 0.6 is 0 Å². The summed E-state index contributed by atoms with van der Waals surface area (Å²) in [5, 5.41) is 0. The highest BCUT2D eigenvalue weighted by molar-refractivity contribution is 7.80. The first-order chi connectivity index (χ1) is 9.46. The van der Waals surface area contributed by atoms with E-state index in [9.17, 15) is 13.0 Å². The van der Waals surface area contributed by atoms with Crippen molar-refractivity contribution in [2.75, 3.05) is 59.0 Å². The van der Waals surface area contributed by atoms with Gasteiger partial charge in [-0.05, 0) is 12.1 Å². The topological polar surface area (TPSA) is 95.7 Å². The van der Waals surface area contributed by atoms with Crippen molar-refractivity contribution >= 4 is 21.8 Å². The van der Waals surface area contributed by atoms with Crippen molar-refractivity contribution in [3.63, 3.8) is 0 Å². The molecule has 1 rings (SSSR count). The van der Waals surface area contributed by atoms with Gasteiger partial charge in [-0.2, -0.15) is 0 Å². The van der Waals surface area contributed by atoms with Gasteiger partial charge in [-0.15, -0.1) is 0 Å². The summed E-state index contributed by atoms with van der Waals surface area (Å²) >= 11 is 0. The predicted octanol–water partition coefficient (Wildman–Crippen LogP) is 0.504. The Balaban J connectivity index is 0.000000567. The molecule has 0 aliphatic heterocycles. The molecule has 1 aromatic rings. The maximum atomic E-state index is 9.22. The fraction of sp³-hybridized carbons (Fsp3) is 0.538. The van der Waals surface area contributed by atoms with Crippen LogP contribution < -0.4 is 10.6 Å². The van der Waals surface area contributed by atoms with Crippen molar-refractivity contribution in [1.29, 1.82) is 0 Å². The number of para-hydroxylation sites is 2. The van der Waals surface area contributed by atoms with Crippen LogP contribution in [0.5, 0.6) is 0 Å². The van der Waals surface area contributed by atoms with E-state index in [-0.39, 0.29) is 0 Å². The van der Waals surface area contributed by atoms with Gasteiger partial charge in [0, 0.05) is 7.05 Å². The number of nitrogens with zero attached hydrogens (tertiary/aromatic N) is 2. The third-order valence-corrected chi connectivity index (χ3v) is 3.07. The zero-order chi connectivity index (χ0) is 16.7. The third kappa shape index (κ3) is 10.1. The van der Waals surface area contributed by atoms with Gasteiger partial charge in [-0.3, -0.25) is 4.18 Å². The fourth-order valence-electron chi connectivity index (χ4n) is 1.41. The summed E-state index contributed by atoms with van der Waals surface area (Å²) in [5.41, 5.74) is 7.88. The zero-order valence-electron chi connectivity index (χ0n) is 13.2. The summed E-state index contributed by atoms with van der Waals surface area (Å²) in [4.78, 5) is 2.21. The summed E-state index contributed by atoms with van der Waals surface area (Å²) in [6.45, 7) is 2.11. The van der Waals surface area contributed by atoms with Gasteiger partial charge in [0.25, 0.3) is 0 Å². The lowest BCUT2D eigenvalue weighted by molar-refractivity contribution is -0.868. The molecule has 7 nitrogen and oxygen atoms in total. The summed E-state index contributed by atoms with van der Waals surface area (Å²) in [6.07, 6.45) is 0. The average molecular weight is 319 g/mol. The molecule has 0 radical (unpaired) electrons. The average Bonchev–Trinajstić information content (AvgIpc) is 2.35. The molecule has 0 atom stereocenters. The van der Waals surface area contributed by atoms with Crippen molar-refractivity contribution in [3.05, 3.63) is 24.3 Å². The maximum Gasteiger partial charge on any atom is 0.217 e. The minimum Gasteiger partial charge on any atom is -0.726 e. The van der Waals surface area contributed by atoms with Crippen LogP contribution in [0.2, 0.25) is 0 Å². The normalized spacial score (nSPS) is 11.5. The Hall–Kier alpha value is -1.35. The second-order valence-electron chi connectivity index (χ2n) is 5.57. The van der Waals surface area contributed by atoms with E-state index < -0.39 is 10.4 Å². The zero-order valence-corrected chi connectivity index (χ0v) is 14.1. The molecule has 0 heterocycles. The molecule has 0 fully saturated rings. The molecule has 122 valence electrons. The van der Waals surface area contributed by atoms with Crippen LogP contribution in [0.25, 0.3) is 0 Å². The molecule has 2 N–H and O–H groups in total. The first-order valence-electron chi connectivity index (χ1n) is 6.34. The molecule has 0 saturated heterocycles. The molecular weight excluding hydrogens is 294 g/mol. The summed E-state index contributed by atoms with van der Waals surface area (Å²) < 4.78 is 32.0. The molecule has 0 saturated carbocycles. The maximum absolute atomic E-state index is 9.22. The van der Waals surface area contributed by atoms with Crippen LogP contribution in [0.1, 0.15) is 0 Å². The van der Waals surface area contributed by atoms with Crippen molar-refractivity contribution in [1.82, 2.24) is 0 Å². The Morgan fingerprint density at radius 2 is 1.76 bits per heavy atom. The minimum atomic E-state index is -4.41. The Morgan fingerprint density at radius 1 is 1.29 bits per heavy atom. The number of rotatable bonds is 5. The molecule has 0 aromatic heterocycles. The van der Waals surface area contributed by atoms with Crippen molar-refractivity contribution < 1.29 is 21.6 Å². The number of hydrogen-bond acceptors (Lipinski definition) is 6. The first kappa shape index (κ1) is 19.7. The lowest BCUT2D eigenvalue weighted by atomic mass is 10.2. The Kier molecular flexibility index (Phi) is 7.65. The molecule has 1 aromatic carbocycles. The van der Waals surface area contributed by atoms with Gasteiger partial charge in [0.15, 0.2) is 0 Å². The van der Waals surface area contributed by atoms with Gasteiger partial charge < -0.3 is 19.7 Å². The highest BCUT2D eigenvalue weighted by atomic mass is 32.3.